The van der Waals surface area contributed by atoms with Gasteiger partial charge in [0.25, 0.3) is 0 Å². The number of aryl methyl sites for hydroxylation is 1. The van der Waals surface area contributed by atoms with Gasteiger partial charge in [-0.05, 0) is 30.9 Å². The molecule has 2 rings (SSSR count). The van der Waals surface area contributed by atoms with Crippen molar-refractivity contribution in [3.8, 4) is 0 Å². The third kappa shape index (κ3) is 5.31. The van der Waals surface area contributed by atoms with Crippen molar-refractivity contribution >= 4 is 17.1 Å². The van der Waals surface area contributed by atoms with Crippen LogP contribution >= 0.6 is 0 Å². The summed E-state index contributed by atoms with van der Waals surface area (Å²) in [6.07, 6.45) is 3.18. The van der Waals surface area contributed by atoms with Crippen LogP contribution in [0.25, 0.3) is 0 Å². The van der Waals surface area contributed by atoms with E-state index in [4.69, 9.17) is 10.0 Å². The molecule has 24 heavy (non-hydrogen) atoms. The third-order valence-electron chi connectivity index (χ3n) is 3.45. The lowest BCUT2D eigenvalue weighted by Crippen LogP contribution is -2.27. The van der Waals surface area contributed by atoms with Crippen LogP contribution in [0.15, 0.2) is 71.6 Å². The third-order valence-corrected chi connectivity index (χ3v) is 4.90. The van der Waals surface area contributed by atoms with Crippen molar-refractivity contribution in [3.63, 3.8) is 0 Å². The Balaban J connectivity index is 2.27. The Morgan fingerprint density at radius 3 is 2.29 bits per heavy atom. The van der Waals surface area contributed by atoms with Gasteiger partial charge in [-0.2, -0.15) is 4.72 Å². The molecule has 0 spiro atoms. The molecule has 0 aliphatic rings. The average Bonchev–Trinajstić information content (AvgIpc) is 2.55. The zero-order valence-corrected chi connectivity index (χ0v) is 14.1. The number of allylic oxidation sites excluding steroid dienone is 1. The molecule has 7 heteroatoms. The molecule has 0 aliphatic carbocycles. The van der Waals surface area contributed by atoms with Gasteiger partial charge >= 0.3 is 7.12 Å². The number of nitrogens with one attached hydrogen (secondary N) is 1. The molecular formula is C17H20BNO4S. The second-order valence-electron chi connectivity index (χ2n) is 5.47. The Bertz CT molecular complexity index is 774. The van der Waals surface area contributed by atoms with E-state index in [0.717, 1.165) is 11.1 Å². The van der Waals surface area contributed by atoms with E-state index >= 15 is 0 Å². The molecule has 0 heterocycles. The van der Waals surface area contributed by atoms with E-state index in [1.807, 2.05) is 37.3 Å². The zero-order valence-electron chi connectivity index (χ0n) is 13.3. The summed E-state index contributed by atoms with van der Waals surface area (Å²) in [4.78, 5) is 0.185. The van der Waals surface area contributed by atoms with Crippen LogP contribution in [0.1, 0.15) is 17.2 Å². The van der Waals surface area contributed by atoms with Gasteiger partial charge in [-0.3, -0.25) is 0 Å². The highest BCUT2D eigenvalue weighted by molar-refractivity contribution is 7.89. The van der Waals surface area contributed by atoms with E-state index in [1.165, 1.54) is 0 Å². The summed E-state index contributed by atoms with van der Waals surface area (Å²) in [5.41, 5.74) is 1.74. The summed E-state index contributed by atoms with van der Waals surface area (Å²) < 4.78 is 27.8. The van der Waals surface area contributed by atoms with Crippen LogP contribution in [-0.4, -0.2) is 25.6 Å². The maximum Gasteiger partial charge on any atom is 0.455 e. The van der Waals surface area contributed by atoms with Crippen molar-refractivity contribution in [1.29, 1.82) is 0 Å². The van der Waals surface area contributed by atoms with Gasteiger partial charge in [-0.25, -0.2) is 8.42 Å². The molecule has 0 fully saturated rings. The summed E-state index contributed by atoms with van der Waals surface area (Å²) in [7, 11) is -5.17. The minimum absolute atomic E-state index is 0.0234. The van der Waals surface area contributed by atoms with Gasteiger partial charge in [0.05, 0.1) is 10.9 Å². The predicted molar refractivity (Wildman–Crippen MR) is 94.8 cm³/mol. The fourth-order valence-corrected chi connectivity index (χ4v) is 3.35. The Morgan fingerprint density at radius 1 is 1.08 bits per heavy atom. The zero-order chi connectivity index (χ0) is 17.6. The number of sulfonamides is 1. The van der Waals surface area contributed by atoms with Crippen LogP contribution in [-0.2, 0) is 10.0 Å². The molecule has 5 nitrogen and oxygen atoms in total. The molecule has 1 atom stereocenters. The minimum atomic E-state index is -3.70. The fraction of sp³-hybridized carbons (Fsp3) is 0.176. The highest BCUT2D eigenvalue weighted by Gasteiger charge is 2.19. The van der Waals surface area contributed by atoms with Crippen molar-refractivity contribution in [2.75, 3.05) is 0 Å². The van der Waals surface area contributed by atoms with E-state index in [0.29, 0.717) is 0 Å². The molecule has 0 aliphatic heterocycles. The Labute approximate surface area is 142 Å². The lowest BCUT2D eigenvalue weighted by molar-refractivity contribution is 0.411. The van der Waals surface area contributed by atoms with Crippen molar-refractivity contribution in [3.05, 3.63) is 77.9 Å². The van der Waals surface area contributed by atoms with Gasteiger partial charge < -0.3 is 10.0 Å². The van der Waals surface area contributed by atoms with E-state index < -0.39 is 23.2 Å². The normalized spacial score (nSPS) is 13.1. The van der Waals surface area contributed by atoms with E-state index in [1.54, 1.807) is 36.4 Å². The van der Waals surface area contributed by atoms with Gasteiger partial charge in [0.2, 0.25) is 10.0 Å². The Morgan fingerprint density at radius 2 is 1.71 bits per heavy atom. The number of hydrogen-bond donors (Lipinski definition) is 3. The predicted octanol–water partition coefficient (Wildman–Crippen LogP) is 2.04. The summed E-state index contributed by atoms with van der Waals surface area (Å²) in [5.74, 6) is 0. The number of rotatable bonds is 7. The van der Waals surface area contributed by atoms with Crippen LogP contribution in [0.5, 0.6) is 0 Å². The first-order valence-corrected chi connectivity index (χ1v) is 9.03. The second kappa shape index (κ2) is 8.26. The molecule has 0 aromatic heterocycles. The second-order valence-corrected chi connectivity index (χ2v) is 7.18. The van der Waals surface area contributed by atoms with E-state index in [-0.39, 0.29) is 11.2 Å². The molecule has 1 unspecified atom stereocenters. The Hall–Kier alpha value is -1.93. The quantitative estimate of drug-likeness (QED) is 0.529. The molecule has 126 valence electrons. The van der Waals surface area contributed by atoms with Crippen molar-refractivity contribution in [2.24, 2.45) is 0 Å². The summed E-state index contributed by atoms with van der Waals surface area (Å²) in [6, 6.07) is 15.1. The largest absolute Gasteiger partial charge is 0.455 e. The van der Waals surface area contributed by atoms with Gasteiger partial charge in [-0.1, -0.05) is 60.2 Å². The molecular weight excluding hydrogens is 325 g/mol. The Kier molecular flexibility index (Phi) is 6.33. The van der Waals surface area contributed by atoms with Gasteiger partial charge in [0.15, 0.2) is 0 Å². The molecule has 0 saturated heterocycles. The SMILES string of the molecule is Cc1ccc(S(=O)(=O)NC(/C=C/CB(O)O)c2ccccc2)cc1. The monoisotopic (exact) mass is 345 g/mol. The molecule has 0 bridgehead atoms. The van der Waals surface area contributed by atoms with Crippen LogP contribution in [0, 0.1) is 6.92 Å². The van der Waals surface area contributed by atoms with E-state index in [2.05, 4.69) is 4.72 Å². The maximum atomic E-state index is 12.6. The lowest BCUT2D eigenvalue weighted by Gasteiger charge is -2.16. The minimum Gasteiger partial charge on any atom is -0.427 e. The number of hydrogen-bond acceptors (Lipinski definition) is 4. The topological polar surface area (TPSA) is 86.6 Å². The molecule has 0 saturated carbocycles. The smallest absolute Gasteiger partial charge is 0.427 e. The average molecular weight is 345 g/mol. The van der Waals surface area contributed by atoms with Crippen LogP contribution in [0.3, 0.4) is 0 Å². The lowest BCUT2D eigenvalue weighted by atomic mass is 9.86. The first-order valence-electron chi connectivity index (χ1n) is 7.55. The standard InChI is InChI=1S/C17H20BNO4S/c1-14-9-11-16(12-10-14)24(22,23)19-17(8-5-13-18(20)21)15-6-3-2-4-7-15/h2-12,17,19-21H,13H2,1H3/b8-5+. The van der Waals surface area contributed by atoms with E-state index in [9.17, 15) is 8.42 Å². The van der Waals surface area contributed by atoms with Gasteiger partial charge in [-0.15, -0.1) is 0 Å². The molecule has 2 aromatic carbocycles. The summed E-state index contributed by atoms with van der Waals surface area (Å²) in [6.45, 7) is 1.89. The van der Waals surface area contributed by atoms with Crippen LogP contribution in [0.2, 0.25) is 6.32 Å². The molecule has 2 aromatic rings. The highest BCUT2D eigenvalue weighted by Crippen LogP contribution is 2.19. The van der Waals surface area contributed by atoms with Crippen LogP contribution in [0.4, 0.5) is 0 Å². The molecule has 0 radical (unpaired) electrons. The number of benzene rings is 2. The summed E-state index contributed by atoms with van der Waals surface area (Å²) in [5, 5.41) is 17.9. The maximum absolute atomic E-state index is 12.6. The summed E-state index contributed by atoms with van der Waals surface area (Å²) >= 11 is 0. The highest BCUT2D eigenvalue weighted by atomic mass is 32.2. The van der Waals surface area contributed by atoms with Crippen molar-refractivity contribution in [2.45, 2.75) is 24.2 Å². The first-order chi connectivity index (χ1) is 11.4. The van der Waals surface area contributed by atoms with Gasteiger partial charge in [0.1, 0.15) is 0 Å². The van der Waals surface area contributed by atoms with Crippen molar-refractivity contribution < 1.29 is 18.5 Å². The fourth-order valence-electron chi connectivity index (χ4n) is 2.17. The molecule has 0 amide bonds. The van der Waals surface area contributed by atoms with Gasteiger partial charge in [0, 0.05) is 0 Å². The molecule has 3 N–H and O–H groups in total. The first kappa shape index (κ1) is 18.4. The van der Waals surface area contributed by atoms with Crippen LogP contribution < -0.4 is 4.72 Å². The van der Waals surface area contributed by atoms with Crippen molar-refractivity contribution in [1.82, 2.24) is 4.72 Å².